The highest BCUT2D eigenvalue weighted by Crippen LogP contribution is 2.43. The molecule has 0 aliphatic heterocycles. The van der Waals surface area contributed by atoms with Crippen molar-refractivity contribution in [1.82, 2.24) is 5.32 Å². The van der Waals surface area contributed by atoms with E-state index in [4.69, 9.17) is 14.8 Å². The van der Waals surface area contributed by atoms with E-state index in [1.807, 2.05) is 6.08 Å². The molecule has 0 radical (unpaired) electrons. The molecule has 0 saturated carbocycles. The number of rotatable bonds is 41. The molecule has 310 valence electrons. The molecule has 10 heteroatoms. The van der Waals surface area contributed by atoms with Crippen LogP contribution in [-0.4, -0.2) is 59.0 Å². The van der Waals surface area contributed by atoms with Crippen LogP contribution in [0.4, 0.5) is 0 Å². The second kappa shape index (κ2) is 38.5. The van der Waals surface area contributed by atoms with Crippen LogP contribution in [0.25, 0.3) is 0 Å². The van der Waals surface area contributed by atoms with Gasteiger partial charge < -0.3 is 26.2 Å². The molecule has 0 spiro atoms. The van der Waals surface area contributed by atoms with Crippen molar-refractivity contribution in [2.45, 2.75) is 231 Å². The standard InChI is InChI=1S/C42H85N2O7P/c1-3-5-7-9-11-13-15-17-19-20-21-23-25-27-29-31-33-39(45)37-42(47)44-40(38-51-52(48,49)50-36-35-43)41(46)34-32-30-28-26-24-22-18-16-14-12-10-8-6-4-2/h32,34,39-41,45-46H,3-31,33,35-38,43H2,1-2H3,(H,44,47)(H,48,49)/b34-32+. The second-order valence-corrected chi connectivity index (χ2v) is 16.6. The minimum absolute atomic E-state index is 0.0514. The van der Waals surface area contributed by atoms with Gasteiger partial charge in [-0.3, -0.25) is 13.8 Å². The molecular formula is C42H85N2O7P. The quantitative estimate of drug-likeness (QED) is 0.0235. The van der Waals surface area contributed by atoms with E-state index < -0.39 is 38.6 Å². The molecule has 0 aromatic carbocycles. The number of nitrogens with two attached hydrogens (primary N) is 1. The maximum atomic E-state index is 12.8. The summed E-state index contributed by atoms with van der Waals surface area (Å²) in [7, 11) is -4.39. The van der Waals surface area contributed by atoms with E-state index in [1.165, 1.54) is 148 Å². The molecule has 0 rings (SSSR count). The van der Waals surface area contributed by atoms with E-state index in [0.29, 0.717) is 6.42 Å². The van der Waals surface area contributed by atoms with Crippen molar-refractivity contribution in [3.05, 3.63) is 12.2 Å². The van der Waals surface area contributed by atoms with E-state index in [0.717, 1.165) is 38.5 Å². The monoisotopic (exact) mass is 761 g/mol. The molecule has 4 unspecified atom stereocenters. The molecule has 1 amide bonds. The van der Waals surface area contributed by atoms with Gasteiger partial charge >= 0.3 is 7.82 Å². The Kier molecular flexibility index (Phi) is 37.9. The minimum Gasteiger partial charge on any atom is -0.393 e. The van der Waals surface area contributed by atoms with Crippen molar-refractivity contribution >= 4 is 13.7 Å². The molecule has 0 aromatic heterocycles. The van der Waals surface area contributed by atoms with Crippen molar-refractivity contribution < 1.29 is 33.5 Å². The van der Waals surface area contributed by atoms with Gasteiger partial charge in [-0.05, 0) is 19.3 Å². The van der Waals surface area contributed by atoms with E-state index in [9.17, 15) is 24.5 Å². The van der Waals surface area contributed by atoms with Gasteiger partial charge in [-0.15, -0.1) is 0 Å². The summed E-state index contributed by atoms with van der Waals surface area (Å²) >= 11 is 0. The number of amides is 1. The van der Waals surface area contributed by atoms with Gasteiger partial charge in [0, 0.05) is 6.54 Å². The molecule has 6 N–H and O–H groups in total. The average Bonchev–Trinajstić information content (AvgIpc) is 3.12. The maximum absolute atomic E-state index is 12.8. The third-order valence-corrected chi connectivity index (χ3v) is 10.9. The zero-order chi connectivity index (χ0) is 38.4. The molecule has 52 heavy (non-hydrogen) atoms. The Morgan fingerprint density at radius 1 is 0.654 bits per heavy atom. The first-order chi connectivity index (χ1) is 25.3. The lowest BCUT2D eigenvalue weighted by Gasteiger charge is -2.24. The lowest BCUT2D eigenvalue weighted by atomic mass is 10.0. The Labute approximate surface area is 320 Å². The number of hydrogen-bond donors (Lipinski definition) is 5. The smallest absolute Gasteiger partial charge is 0.393 e. The lowest BCUT2D eigenvalue weighted by molar-refractivity contribution is -0.124. The number of unbranched alkanes of at least 4 members (excludes halogenated alkanes) is 27. The zero-order valence-electron chi connectivity index (χ0n) is 33.9. The lowest BCUT2D eigenvalue weighted by Crippen LogP contribution is -2.46. The molecule has 0 fully saturated rings. The predicted octanol–water partition coefficient (Wildman–Crippen LogP) is 11.0. The highest BCUT2D eigenvalue weighted by Gasteiger charge is 2.27. The normalized spacial score (nSPS) is 14.8. The summed E-state index contributed by atoms with van der Waals surface area (Å²) in [4.78, 5) is 22.7. The SMILES string of the molecule is CCCCCCCCCCCCCC/C=C/C(O)C(COP(=O)(O)OCCN)NC(=O)CC(O)CCCCCCCCCCCCCCCCCC. The molecule has 4 atom stereocenters. The first-order valence-electron chi connectivity index (χ1n) is 21.9. The van der Waals surface area contributed by atoms with Gasteiger partial charge in [-0.2, -0.15) is 0 Å². The highest BCUT2D eigenvalue weighted by molar-refractivity contribution is 7.47. The summed E-state index contributed by atoms with van der Waals surface area (Å²) in [5.41, 5.74) is 5.36. The Morgan fingerprint density at radius 3 is 1.48 bits per heavy atom. The van der Waals surface area contributed by atoms with Crippen molar-refractivity contribution in [3.63, 3.8) is 0 Å². The van der Waals surface area contributed by atoms with Crippen LogP contribution in [0.2, 0.25) is 0 Å². The zero-order valence-corrected chi connectivity index (χ0v) is 34.8. The number of phosphoric ester groups is 1. The number of aliphatic hydroxyl groups is 2. The number of allylic oxidation sites excluding steroid dienone is 1. The third-order valence-electron chi connectivity index (χ3n) is 9.92. The molecule has 0 heterocycles. The topological polar surface area (TPSA) is 151 Å². The average molecular weight is 761 g/mol. The number of nitrogens with one attached hydrogen (secondary N) is 1. The Bertz CT molecular complexity index is 847. The molecule has 9 nitrogen and oxygen atoms in total. The van der Waals surface area contributed by atoms with Gasteiger partial charge in [-0.25, -0.2) is 4.57 Å². The van der Waals surface area contributed by atoms with Gasteiger partial charge in [-0.1, -0.05) is 199 Å². The number of carbonyl (C=O) groups excluding carboxylic acids is 1. The van der Waals surface area contributed by atoms with Gasteiger partial charge in [0.05, 0.1) is 37.9 Å². The second-order valence-electron chi connectivity index (χ2n) is 15.1. The van der Waals surface area contributed by atoms with Crippen molar-refractivity contribution in [2.24, 2.45) is 5.73 Å². The molecule has 0 aliphatic rings. The summed E-state index contributed by atoms with van der Waals surface area (Å²) in [6.45, 7) is 3.98. The maximum Gasteiger partial charge on any atom is 0.472 e. The first kappa shape index (κ1) is 51.2. The first-order valence-corrected chi connectivity index (χ1v) is 23.4. The van der Waals surface area contributed by atoms with Crippen LogP contribution in [0.5, 0.6) is 0 Å². The number of aliphatic hydroxyl groups excluding tert-OH is 2. The van der Waals surface area contributed by atoms with E-state index in [-0.39, 0.29) is 19.6 Å². The minimum atomic E-state index is -4.39. The van der Waals surface area contributed by atoms with Crippen LogP contribution < -0.4 is 11.1 Å². The highest BCUT2D eigenvalue weighted by atomic mass is 31.2. The van der Waals surface area contributed by atoms with Crippen LogP contribution in [0, 0.1) is 0 Å². The summed E-state index contributed by atoms with van der Waals surface area (Å²) in [6.07, 6.45) is 38.6. The van der Waals surface area contributed by atoms with Crippen molar-refractivity contribution in [2.75, 3.05) is 19.8 Å². The largest absolute Gasteiger partial charge is 0.472 e. The Balaban J connectivity index is 4.29. The summed E-state index contributed by atoms with van der Waals surface area (Å²) in [6, 6.07) is -0.976. The Morgan fingerprint density at radius 2 is 1.06 bits per heavy atom. The third kappa shape index (κ3) is 36.2. The number of phosphoric acid groups is 1. The van der Waals surface area contributed by atoms with Gasteiger partial charge in [0.25, 0.3) is 0 Å². The van der Waals surface area contributed by atoms with Crippen LogP contribution in [-0.2, 0) is 18.4 Å². The molecule has 0 saturated heterocycles. The van der Waals surface area contributed by atoms with Crippen LogP contribution in [0.15, 0.2) is 12.2 Å². The fraction of sp³-hybridized carbons (Fsp3) is 0.929. The summed E-state index contributed by atoms with van der Waals surface area (Å²) in [5, 5.41) is 24.0. The van der Waals surface area contributed by atoms with Crippen molar-refractivity contribution in [1.29, 1.82) is 0 Å². The summed E-state index contributed by atoms with van der Waals surface area (Å²) < 4.78 is 22.1. The molecular weight excluding hydrogens is 675 g/mol. The number of hydrogen-bond acceptors (Lipinski definition) is 7. The van der Waals surface area contributed by atoms with Crippen LogP contribution in [0.1, 0.15) is 213 Å². The van der Waals surface area contributed by atoms with Crippen molar-refractivity contribution in [3.8, 4) is 0 Å². The van der Waals surface area contributed by atoms with E-state index in [1.54, 1.807) is 6.08 Å². The molecule has 0 aliphatic carbocycles. The van der Waals surface area contributed by atoms with Crippen LogP contribution >= 0.6 is 7.82 Å². The number of carbonyl (C=O) groups is 1. The predicted molar refractivity (Wildman–Crippen MR) is 218 cm³/mol. The fourth-order valence-corrected chi connectivity index (χ4v) is 7.35. The Hall–Kier alpha value is -0.800. The van der Waals surface area contributed by atoms with Gasteiger partial charge in [0.15, 0.2) is 0 Å². The summed E-state index contributed by atoms with van der Waals surface area (Å²) in [5.74, 6) is -0.443. The van der Waals surface area contributed by atoms with Gasteiger partial charge in [0.1, 0.15) is 0 Å². The van der Waals surface area contributed by atoms with Gasteiger partial charge in [0.2, 0.25) is 5.91 Å². The van der Waals surface area contributed by atoms with Crippen LogP contribution in [0.3, 0.4) is 0 Å². The molecule has 0 bridgehead atoms. The fourth-order valence-electron chi connectivity index (χ4n) is 6.59. The molecule has 0 aromatic rings. The van der Waals surface area contributed by atoms with E-state index >= 15 is 0 Å². The van der Waals surface area contributed by atoms with E-state index in [2.05, 4.69) is 19.2 Å².